The summed E-state index contributed by atoms with van der Waals surface area (Å²) in [6.07, 6.45) is 3.96. The monoisotopic (exact) mass is 320 g/mol. The molecule has 0 saturated carbocycles. The van der Waals surface area contributed by atoms with Crippen LogP contribution in [0.2, 0.25) is 0 Å². The zero-order valence-corrected chi connectivity index (χ0v) is 13.5. The van der Waals surface area contributed by atoms with Crippen molar-refractivity contribution in [1.82, 2.24) is 9.97 Å². The molecule has 0 spiro atoms. The average molecular weight is 320 g/mol. The van der Waals surface area contributed by atoms with E-state index in [0.29, 0.717) is 11.5 Å². The van der Waals surface area contributed by atoms with Gasteiger partial charge in [0.2, 0.25) is 0 Å². The lowest BCUT2D eigenvalue weighted by Crippen LogP contribution is -2.34. The van der Waals surface area contributed by atoms with Crippen LogP contribution in [0, 0.1) is 11.3 Å². The van der Waals surface area contributed by atoms with Crippen molar-refractivity contribution in [3.8, 4) is 6.07 Å². The fourth-order valence-electron chi connectivity index (χ4n) is 3.09. The summed E-state index contributed by atoms with van der Waals surface area (Å²) in [6, 6.07) is 14.2. The summed E-state index contributed by atoms with van der Waals surface area (Å²) in [4.78, 5) is 11.6. The average Bonchev–Trinajstić information content (AvgIpc) is 3.06. The van der Waals surface area contributed by atoms with Crippen LogP contribution in [0.3, 0.4) is 0 Å². The highest BCUT2D eigenvalue weighted by Crippen LogP contribution is 2.34. The molecule has 4 rings (SSSR count). The lowest BCUT2D eigenvalue weighted by atomic mass is 9.98. The van der Waals surface area contributed by atoms with Crippen LogP contribution in [0.4, 0.5) is 5.82 Å². The van der Waals surface area contributed by atoms with E-state index in [-0.39, 0.29) is 0 Å². The molecule has 5 heteroatoms. The molecule has 3 heterocycles. The molecule has 114 valence electrons. The highest BCUT2D eigenvalue weighted by molar-refractivity contribution is 7.18. The van der Waals surface area contributed by atoms with Gasteiger partial charge < -0.3 is 4.90 Å². The second-order valence-corrected chi connectivity index (χ2v) is 6.88. The quantitative estimate of drug-likeness (QED) is 0.717. The van der Waals surface area contributed by atoms with Gasteiger partial charge in [0.15, 0.2) is 0 Å². The van der Waals surface area contributed by atoms with Gasteiger partial charge in [0, 0.05) is 25.2 Å². The normalized spacial score (nSPS) is 18.0. The standard InChI is InChI=1S/C18H16N4S/c19-10-13-7-8-17(20-11-13)22-9-3-4-14(12-22)18-21-15-5-1-2-6-16(15)23-18/h1-2,5-8,11,14H,3-4,9,12H2/t14-/m1/s1. The van der Waals surface area contributed by atoms with Crippen molar-refractivity contribution in [2.75, 3.05) is 18.0 Å². The van der Waals surface area contributed by atoms with E-state index in [2.05, 4.69) is 34.2 Å². The molecule has 0 bridgehead atoms. The van der Waals surface area contributed by atoms with Crippen LogP contribution in [0.25, 0.3) is 10.2 Å². The van der Waals surface area contributed by atoms with Gasteiger partial charge in [-0.3, -0.25) is 0 Å². The summed E-state index contributed by atoms with van der Waals surface area (Å²) in [5.41, 5.74) is 1.70. The fraction of sp³-hybridized carbons (Fsp3) is 0.278. The number of piperidine rings is 1. The molecule has 0 amide bonds. The lowest BCUT2D eigenvalue weighted by Gasteiger charge is -2.32. The first-order chi connectivity index (χ1) is 11.3. The van der Waals surface area contributed by atoms with Gasteiger partial charge in [-0.05, 0) is 37.1 Å². The predicted octanol–water partition coefficient (Wildman–Crippen LogP) is 3.95. The largest absolute Gasteiger partial charge is 0.356 e. The van der Waals surface area contributed by atoms with Crippen molar-refractivity contribution in [2.24, 2.45) is 0 Å². The van der Waals surface area contributed by atoms with E-state index < -0.39 is 0 Å². The highest BCUT2D eigenvalue weighted by Gasteiger charge is 2.24. The van der Waals surface area contributed by atoms with Crippen molar-refractivity contribution in [3.63, 3.8) is 0 Å². The molecular formula is C18H16N4S. The van der Waals surface area contributed by atoms with E-state index in [1.54, 1.807) is 17.5 Å². The predicted molar refractivity (Wildman–Crippen MR) is 92.8 cm³/mol. The van der Waals surface area contributed by atoms with E-state index in [4.69, 9.17) is 10.2 Å². The van der Waals surface area contributed by atoms with Crippen molar-refractivity contribution in [2.45, 2.75) is 18.8 Å². The smallest absolute Gasteiger partial charge is 0.128 e. The van der Waals surface area contributed by atoms with E-state index >= 15 is 0 Å². The van der Waals surface area contributed by atoms with Crippen molar-refractivity contribution in [3.05, 3.63) is 53.2 Å². The van der Waals surface area contributed by atoms with E-state index in [1.807, 2.05) is 18.2 Å². The van der Waals surface area contributed by atoms with Gasteiger partial charge >= 0.3 is 0 Å². The van der Waals surface area contributed by atoms with Crippen LogP contribution >= 0.6 is 11.3 Å². The van der Waals surface area contributed by atoms with E-state index in [9.17, 15) is 0 Å². The Morgan fingerprint density at radius 3 is 2.91 bits per heavy atom. The summed E-state index contributed by atoms with van der Waals surface area (Å²) in [7, 11) is 0. The molecule has 1 fully saturated rings. The number of nitrogens with zero attached hydrogens (tertiary/aromatic N) is 4. The number of hydrogen-bond donors (Lipinski definition) is 0. The maximum Gasteiger partial charge on any atom is 0.128 e. The minimum Gasteiger partial charge on any atom is -0.356 e. The molecule has 0 N–H and O–H groups in total. The Balaban J connectivity index is 1.57. The van der Waals surface area contributed by atoms with Gasteiger partial charge in [0.05, 0.1) is 20.8 Å². The minimum atomic E-state index is 0.457. The molecule has 0 radical (unpaired) electrons. The van der Waals surface area contributed by atoms with Crippen LogP contribution in [0.5, 0.6) is 0 Å². The Labute approximate surface area is 139 Å². The summed E-state index contributed by atoms with van der Waals surface area (Å²) < 4.78 is 1.26. The molecular weight excluding hydrogens is 304 g/mol. The van der Waals surface area contributed by atoms with Crippen molar-refractivity contribution >= 4 is 27.4 Å². The number of pyridine rings is 1. The van der Waals surface area contributed by atoms with Gasteiger partial charge in [0.25, 0.3) is 0 Å². The number of rotatable bonds is 2. The number of hydrogen-bond acceptors (Lipinski definition) is 5. The zero-order valence-electron chi connectivity index (χ0n) is 12.6. The maximum absolute atomic E-state index is 8.89. The Morgan fingerprint density at radius 2 is 2.13 bits per heavy atom. The van der Waals surface area contributed by atoms with Crippen LogP contribution in [-0.2, 0) is 0 Å². The van der Waals surface area contributed by atoms with E-state index in [0.717, 1.165) is 30.8 Å². The third kappa shape index (κ3) is 2.78. The molecule has 1 aliphatic rings. The summed E-state index contributed by atoms with van der Waals surface area (Å²) >= 11 is 1.81. The number of para-hydroxylation sites is 1. The SMILES string of the molecule is N#Cc1ccc(N2CCC[C@@H](c3nc4ccccc4s3)C2)nc1. The second-order valence-electron chi connectivity index (χ2n) is 5.82. The first kappa shape index (κ1) is 14.2. The summed E-state index contributed by atoms with van der Waals surface area (Å²) in [5.74, 6) is 1.41. The Bertz CT molecular complexity index is 830. The van der Waals surface area contributed by atoms with Gasteiger partial charge in [-0.15, -0.1) is 11.3 Å². The Hall–Kier alpha value is -2.45. The fourth-order valence-corrected chi connectivity index (χ4v) is 4.18. The number of aromatic nitrogens is 2. The molecule has 2 aromatic heterocycles. The van der Waals surface area contributed by atoms with Gasteiger partial charge in [-0.1, -0.05) is 12.1 Å². The first-order valence-electron chi connectivity index (χ1n) is 7.80. The molecule has 1 atom stereocenters. The number of fused-ring (bicyclic) bond motifs is 1. The Kier molecular flexibility index (Phi) is 3.68. The molecule has 1 aliphatic heterocycles. The second kappa shape index (κ2) is 5.98. The highest BCUT2D eigenvalue weighted by atomic mass is 32.1. The van der Waals surface area contributed by atoms with Gasteiger partial charge in [-0.2, -0.15) is 5.26 Å². The topological polar surface area (TPSA) is 52.8 Å². The molecule has 23 heavy (non-hydrogen) atoms. The number of nitriles is 1. The van der Waals surface area contributed by atoms with Crippen LogP contribution in [0.15, 0.2) is 42.6 Å². The minimum absolute atomic E-state index is 0.457. The van der Waals surface area contributed by atoms with Crippen molar-refractivity contribution in [1.29, 1.82) is 5.26 Å². The third-order valence-corrected chi connectivity index (χ3v) is 5.48. The zero-order chi connectivity index (χ0) is 15.6. The maximum atomic E-state index is 8.89. The van der Waals surface area contributed by atoms with Crippen LogP contribution in [-0.4, -0.2) is 23.1 Å². The van der Waals surface area contributed by atoms with Crippen molar-refractivity contribution < 1.29 is 0 Å². The molecule has 1 saturated heterocycles. The molecule has 0 unspecified atom stereocenters. The summed E-state index contributed by atoms with van der Waals surface area (Å²) in [6.45, 7) is 1.96. The van der Waals surface area contributed by atoms with Gasteiger partial charge in [0.1, 0.15) is 11.9 Å². The summed E-state index contributed by atoms with van der Waals surface area (Å²) in [5, 5.41) is 10.1. The molecule has 0 aliphatic carbocycles. The molecule has 3 aromatic rings. The molecule has 4 nitrogen and oxygen atoms in total. The van der Waals surface area contributed by atoms with Gasteiger partial charge in [-0.25, -0.2) is 9.97 Å². The van der Waals surface area contributed by atoms with E-state index in [1.165, 1.54) is 16.1 Å². The number of thiazole rings is 1. The molecule has 1 aromatic carbocycles. The van der Waals surface area contributed by atoms with Crippen LogP contribution < -0.4 is 4.90 Å². The third-order valence-electron chi connectivity index (χ3n) is 4.28. The first-order valence-corrected chi connectivity index (χ1v) is 8.62. The number of anilines is 1. The lowest BCUT2D eigenvalue weighted by molar-refractivity contribution is 0.506. The number of benzene rings is 1. The van der Waals surface area contributed by atoms with Crippen LogP contribution in [0.1, 0.15) is 29.3 Å². The Morgan fingerprint density at radius 1 is 1.22 bits per heavy atom.